The van der Waals surface area contributed by atoms with E-state index < -0.39 is 0 Å². The molecule has 1 atom stereocenters. The number of nitrogens with two attached hydrogens (primary N) is 1. The number of primary amides is 1. The number of hydrogen-bond acceptors (Lipinski definition) is 4. The van der Waals surface area contributed by atoms with Crippen LogP contribution in [0.1, 0.15) is 13.3 Å². The first-order chi connectivity index (χ1) is 7.65. The number of carbonyl (C=O) groups is 1. The molecule has 1 amide bonds. The van der Waals surface area contributed by atoms with Gasteiger partial charge in [0.1, 0.15) is 0 Å². The molecule has 1 aliphatic rings. The highest BCUT2D eigenvalue weighted by Gasteiger charge is 2.14. The third-order valence-electron chi connectivity index (χ3n) is 2.29. The summed E-state index contributed by atoms with van der Waals surface area (Å²) in [5.74, 6) is 1.14. The predicted molar refractivity (Wildman–Crippen MR) is 59.5 cm³/mol. The van der Waals surface area contributed by atoms with Crippen LogP contribution in [0, 0.1) is 0 Å². The van der Waals surface area contributed by atoms with E-state index in [2.05, 4.69) is 5.32 Å². The van der Waals surface area contributed by atoms with Gasteiger partial charge in [-0.25, -0.2) is 0 Å². The first-order valence-corrected chi connectivity index (χ1v) is 5.09. The number of nitrogens with one attached hydrogen (secondary N) is 1. The molecule has 5 heteroatoms. The minimum atomic E-state index is -0.319. The summed E-state index contributed by atoms with van der Waals surface area (Å²) >= 11 is 0. The Balaban J connectivity index is 2.02. The van der Waals surface area contributed by atoms with Crippen LogP contribution in [-0.2, 0) is 4.79 Å². The molecule has 0 bridgehead atoms. The zero-order chi connectivity index (χ0) is 11.5. The summed E-state index contributed by atoms with van der Waals surface area (Å²) in [4.78, 5) is 10.7. The van der Waals surface area contributed by atoms with Crippen molar-refractivity contribution in [3.63, 3.8) is 0 Å². The Labute approximate surface area is 93.5 Å². The first-order valence-electron chi connectivity index (χ1n) is 5.09. The lowest BCUT2D eigenvalue weighted by Crippen LogP contribution is -2.23. The summed E-state index contributed by atoms with van der Waals surface area (Å²) in [5.41, 5.74) is 6.00. The molecule has 2 rings (SSSR count). The molecule has 1 heterocycles. The molecule has 0 spiro atoms. The second-order valence-corrected chi connectivity index (χ2v) is 3.78. The molecule has 1 aromatic rings. The number of hydrogen-bond donors (Lipinski definition) is 2. The summed E-state index contributed by atoms with van der Waals surface area (Å²) in [6, 6.07) is 5.56. The van der Waals surface area contributed by atoms with Crippen LogP contribution >= 0.6 is 0 Å². The van der Waals surface area contributed by atoms with Gasteiger partial charge in [0.15, 0.2) is 11.5 Å². The normalized spacial score (nSPS) is 14.6. The number of fused-ring (bicyclic) bond motifs is 1. The standard InChI is InChI=1S/C11H14N2O3/c1-7(4-11(12)14)13-8-2-3-9-10(5-8)16-6-15-9/h2-3,5,7,13H,4,6H2,1H3,(H2,12,14). The van der Waals surface area contributed by atoms with Crippen LogP contribution in [-0.4, -0.2) is 18.7 Å². The summed E-state index contributed by atoms with van der Waals surface area (Å²) in [6.07, 6.45) is 0.300. The highest BCUT2D eigenvalue weighted by Crippen LogP contribution is 2.34. The highest BCUT2D eigenvalue weighted by atomic mass is 16.7. The molecular formula is C11H14N2O3. The lowest BCUT2D eigenvalue weighted by Gasteiger charge is -2.13. The van der Waals surface area contributed by atoms with Crippen molar-refractivity contribution >= 4 is 11.6 Å². The van der Waals surface area contributed by atoms with Gasteiger partial charge >= 0.3 is 0 Å². The molecule has 0 radical (unpaired) electrons. The van der Waals surface area contributed by atoms with Crippen molar-refractivity contribution < 1.29 is 14.3 Å². The average Bonchev–Trinajstić information content (AvgIpc) is 2.63. The van der Waals surface area contributed by atoms with E-state index in [1.165, 1.54) is 0 Å². The number of ether oxygens (including phenoxy) is 2. The monoisotopic (exact) mass is 222 g/mol. The third kappa shape index (κ3) is 2.36. The zero-order valence-corrected chi connectivity index (χ0v) is 9.03. The Kier molecular flexibility index (Phi) is 2.85. The number of benzene rings is 1. The van der Waals surface area contributed by atoms with Crippen molar-refractivity contribution in [2.45, 2.75) is 19.4 Å². The molecule has 1 aromatic carbocycles. The van der Waals surface area contributed by atoms with Crippen molar-refractivity contribution in [2.75, 3.05) is 12.1 Å². The third-order valence-corrected chi connectivity index (χ3v) is 2.29. The Morgan fingerprint density at radius 1 is 1.50 bits per heavy atom. The molecule has 3 N–H and O–H groups in total. The number of anilines is 1. The van der Waals surface area contributed by atoms with Gasteiger partial charge in [-0.1, -0.05) is 0 Å². The van der Waals surface area contributed by atoms with E-state index in [4.69, 9.17) is 15.2 Å². The second-order valence-electron chi connectivity index (χ2n) is 3.78. The first kappa shape index (κ1) is 10.6. The van der Waals surface area contributed by atoms with Crippen LogP contribution in [0.15, 0.2) is 18.2 Å². The Morgan fingerprint density at radius 2 is 2.25 bits per heavy atom. The lowest BCUT2D eigenvalue weighted by molar-refractivity contribution is -0.118. The smallest absolute Gasteiger partial charge is 0.231 e. The van der Waals surface area contributed by atoms with Crippen LogP contribution in [0.2, 0.25) is 0 Å². The maximum atomic E-state index is 10.7. The molecule has 1 aliphatic heterocycles. The van der Waals surface area contributed by atoms with Crippen LogP contribution < -0.4 is 20.5 Å². The molecule has 5 nitrogen and oxygen atoms in total. The van der Waals surface area contributed by atoms with Gasteiger partial charge in [0.05, 0.1) is 0 Å². The van der Waals surface area contributed by atoms with E-state index in [0.717, 1.165) is 17.2 Å². The minimum Gasteiger partial charge on any atom is -0.454 e. The summed E-state index contributed by atoms with van der Waals surface area (Å²) in [5, 5.41) is 3.17. The van der Waals surface area contributed by atoms with Gasteiger partial charge < -0.3 is 20.5 Å². The molecular weight excluding hydrogens is 208 g/mol. The largest absolute Gasteiger partial charge is 0.454 e. The Bertz CT molecular complexity index is 406. The second kappa shape index (κ2) is 4.30. The molecule has 1 unspecified atom stereocenters. The SMILES string of the molecule is CC(CC(N)=O)Nc1ccc2c(c1)OCO2. The molecule has 0 aliphatic carbocycles. The van der Waals surface area contributed by atoms with E-state index in [1.807, 2.05) is 25.1 Å². The van der Waals surface area contributed by atoms with Gasteiger partial charge in [-0.2, -0.15) is 0 Å². The van der Waals surface area contributed by atoms with Crippen LogP contribution in [0.5, 0.6) is 11.5 Å². The van der Waals surface area contributed by atoms with Crippen molar-refractivity contribution in [3.8, 4) is 11.5 Å². The Hall–Kier alpha value is -1.91. The van der Waals surface area contributed by atoms with Gasteiger partial charge in [0.2, 0.25) is 12.7 Å². The number of carbonyl (C=O) groups excluding carboxylic acids is 1. The highest BCUT2D eigenvalue weighted by molar-refractivity contribution is 5.75. The summed E-state index contributed by atoms with van der Waals surface area (Å²) in [7, 11) is 0. The topological polar surface area (TPSA) is 73.6 Å². The predicted octanol–water partition coefficient (Wildman–Crippen LogP) is 1.09. The minimum absolute atomic E-state index is 0.00197. The quantitative estimate of drug-likeness (QED) is 0.799. The van der Waals surface area contributed by atoms with Crippen LogP contribution in [0.3, 0.4) is 0 Å². The fourth-order valence-electron chi connectivity index (χ4n) is 1.62. The van der Waals surface area contributed by atoms with Crippen LogP contribution in [0.4, 0.5) is 5.69 Å². The average molecular weight is 222 g/mol. The van der Waals surface area contributed by atoms with Crippen molar-refractivity contribution in [1.82, 2.24) is 0 Å². The van der Waals surface area contributed by atoms with Gasteiger partial charge in [0.25, 0.3) is 0 Å². The van der Waals surface area contributed by atoms with Gasteiger partial charge in [0, 0.05) is 24.2 Å². The Morgan fingerprint density at radius 3 is 3.00 bits per heavy atom. The fraction of sp³-hybridized carbons (Fsp3) is 0.364. The zero-order valence-electron chi connectivity index (χ0n) is 9.03. The van der Waals surface area contributed by atoms with Crippen molar-refractivity contribution in [3.05, 3.63) is 18.2 Å². The lowest BCUT2D eigenvalue weighted by atomic mass is 10.2. The van der Waals surface area contributed by atoms with Crippen LogP contribution in [0.25, 0.3) is 0 Å². The van der Waals surface area contributed by atoms with Crippen molar-refractivity contribution in [1.29, 1.82) is 0 Å². The maximum absolute atomic E-state index is 10.7. The van der Waals surface area contributed by atoms with E-state index in [-0.39, 0.29) is 18.7 Å². The van der Waals surface area contributed by atoms with Crippen molar-refractivity contribution in [2.24, 2.45) is 5.73 Å². The van der Waals surface area contributed by atoms with Gasteiger partial charge in [-0.05, 0) is 19.1 Å². The number of amides is 1. The summed E-state index contributed by atoms with van der Waals surface area (Å²) < 4.78 is 10.4. The fourth-order valence-corrected chi connectivity index (χ4v) is 1.62. The summed E-state index contributed by atoms with van der Waals surface area (Å²) in [6.45, 7) is 2.16. The van der Waals surface area contributed by atoms with E-state index in [1.54, 1.807) is 0 Å². The number of rotatable bonds is 4. The molecule has 86 valence electrons. The molecule has 0 saturated heterocycles. The van der Waals surface area contributed by atoms with Gasteiger partial charge in [-0.3, -0.25) is 4.79 Å². The van der Waals surface area contributed by atoms with E-state index in [0.29, 0.717) is 6.42 Å². The molecule has 16 heavy (non-hydrogen) atoms. The molecule has 0 aromatic heterocycles. The van der Waals surface area contributed by atoms with Gasteiger partial charge in [-0.15, -0.1) is 0 Å². The van der Waals surface area contributed by atoms with E-state index in [9.17, 15) is 4.79 Å². The molecule has 0 saturated carbocycles. The molecule has 0 fully saturated rings. The maximum Gasteiger partial charge on any atom is 0.231 e. The van der Waals surface area contributed by atoms with E-state index >= 15 is 0 Å².